The second-order valence-corrected chi connectivity index (χ2v) is 6.80. The maximum Gasteiger partial charge on any atom is 0.208 e. The van der Waals surface area contributed by atoms with E-state index in [0.29, 0.717) is 25.4 Å². The van der Waals surface area contributed by atoms with Crippen LogP contribution in [0.3, 0.4) is 0 Å². The van der Waals surface area contributed by atoms with Gasteiger partial charge in [-0.3, -0.25) is 0 Å². The minimum Gasteiger partial charge on any atom is -0.373 e. The molecule has 0 spiro atoms. The molecule has 0 saturated heterocycles. The lowest BCUT2D eigenvalue weighted by Gasteiger charge is -2.09. The molecule has 0 aromatic carbocycles. The van der Waals surface area contributed by atoms with Crippen molar-refractivity contribution in [2.75, 3.05) is 37.0 Å². The highest BCUT2D eigenvalue weighted by atomic mass is 32.2. The predicted octanol–water partition coefficient (Wildman–Crippen LogP) is 0.747. The van der Waals surface area contributed by atoms with Gasteiger partial charge in [0.15, 0.2) is 0 Å². The maximum absolute atomic E-state index is 10.9. The zero-order chi connectivity index (χ0) is 14.6. The molecule has 0 radical (unpaired) electrons. The Labute approximate surface area is 119 Å². The molecule has 1 fully saturated rings. The van der Waals surface area contributed by atoms with Gasteiger partial charge in [0.2, 0.25) is 10.0 Å². The molecule has 7 nitrogen and oxygen atoms in total. The lowest BCUT2D eigenvalue weighted by atomic mass is 10.3. The van der Waals surface area contributed by atoms with Crippen molar-refractivity contribution < 1.29 is 8.42 Å². The molecule has 0 unspecified atom stereocenters. The van der Waals surface area contributed by atoms with Gasteiger partial charge < -0.3 is 10.6 Å². The summed E-state index contributed by atoms with van der Waals surface area (Å²) in [7, 11) is -1.27. The first-order valence-electron chi connectivity index (χ1n) is 6.73. The molecule has 3 N–H and O–H groups in total. The van der Waals surface area contributed by atoms with Crippen LogP contribution >= 0.6 is 0 Å². The lowest BCUT2D eigenvalue weighted by molar-refractivity contribution is 0.586. The van der Waals surface area contributed by atoms with Crippen molar-refractivity contribution in [3.05, 3.63) is 11.9 Å². The number of rotatable bonds is 8. The van der Waals surface area contributed by atoms with E-state index in [1.54, 1.807) is 0 Å². The van der Waals surface area contributed by atoms with Crippen LogP contribution in [-0.4, -0.2) is 44.8 Å². The van der Waals surface area contributed by atoms with E-state index in [9.17, 15) is 8.42 Å². The number of hydrogen-bond acceptors (Lipinski definition) is 6. The van der Waals surface area contributed by atoms with E-state index in [2.05, 4.69) is 25.3 Å². The van der Waals surface area contributed by atoms with Gasteiger partial charge in [-0.1, -0.05) is 0 Å². The molecule has 0 amide bonds. The van der Waals surface area contributed by atoms with Crippen molar-refractivity contribution in [1.82, 2.24) is 14.7 Å². The standard InChI is InChI=1S/C12H21N5O2S/c1-13-10-8-11(17-12(16-10)9-4-5-9)14-6-3-7-15-20(2,18)19/h8-9,15H,3-7H2,1-2H3,(H2,13,14,16,17). The summed E-state index contributed by atoms with van der Waals surface area (Å²) in [5.41, 5.74) is 0. The molecule has 20 heavy (non-hydrogen) atoms. The molecule has 1 aromatic rings. The number of sulfonamides is 1. The SMILES string of the molecule is CNc1cc(NCCCNS(C)(=O)=O)nc(C2CC2)n1. The van der Waals surface area contributed by atoms with Crippen LogP contribution < -0.4 is 15.4 Å². The molecule has 1 heterocycles. The van der Waals surface area contributed by atoms with Crippen molar-refractivity contribution in [2.24, 2.45) is 0 Å². The van der Waals surface area contributed by atoms with Crippen molar-refractivity contribution in [3.63, 3.8) is 0 Å². The number of anilines is 2. The highest BCUT2D eigenvalue weighted by Gasteiger charge is 2.27. The summed E-state index contributed by atoms with van der Waals surface area (Å²) in [6.45, 7) is 1.08. The maximum atomic E-state index is 10.9. The zero-order valence-corrected chi connectivity index (χ0v) is 12.6. The number of nitrogens with zero attached hydrogens (tertiary/aromatic N) is 2. The molecule has 0 atom stereocenters. The Morgan fingerprint density at radius 2 is 1.95 bits per heavy atom. The number of nitrogens with one attached hydrogen (secondary N) is 3. The Kier molecular flexibility index (Phi) is 4.77. The monoisotopic (exact) mass is 299 g/mol. The third-order valence-corrected chi connectivity index (χ3v) is 3.69. The van der Waals surface area contributed by atoms with Crippen molar-refractivity contribution in [2.45, 2.75) is 25.2 Å². The first kappa shape index (κ1) is 15.0. The second-order valence-electron chi connectivity index (χ2n) is 4.97. The highest BCUT2D eigenvalue weighted by Crippen LogP contribution is 2.38. The van der Waals surface area contributed by atoms with E-state index in [0.717, 1.165) is 36.6 Å². The van der Waals surface area contributed by atoms with Gasteiger partial charge in [-0.2, -0.15) is 0 Å². The van der Waals surface area contributed by atoms with Crippen LogP contribution in [-0.2, 0) is 10.0 Å². The van der Waals surface area contributed by atoms with Crippen LogP contribution in [0, 0.1) is 0 Å². The first-order valence-corrected chi connectivity index (χ1v) is 8.62. The summed E-state index contributed by atoms with van der Waals surface area (Å²) in [6.07, 6.45) is 4.17. The lowest BCUT2D eigenvalue weighted by Crippen LogP contribution is -2.24. The van der Waals surface area contributed by atoms with E-state index in [1.165, 1.54) is 0 Å². The average molecular weight is 299 g/mol. The number of aromatic nitrogens is 2. The van der Waals surface area contributed by atoms with Crippen LogP contribution in [0.5, 0.6) is 0 Å². The Hall–Kier alpha value is -1.41. The largest absolute Gasteiger partial charge is 0.373 e. The molecule has 1 aliphatic rings. The smallest absolute Gasteiger partial charge is 0.208 e. The minimum atomic E-state index is -3.10. The zero-order valence-electron chi connectivity index (χ0n) is 11.8. The molecule has 112 valence electrons. The highest BCUT2D eigenvalue weighted by molar-refractivity contribution is 7.88. The van der Waals surface area contributed by atoms with E-state index < -0.39 is 10.0 Å². The Balaban J connectivity index is 1.84. The van der Waals surface area contributed by atoms with Gasteiger partial charge in [0.25, 0.3) is 0 Å². The van der Waals surface area contributed by atoms with E-state index in [-0.39, 0.29) is 0 Å². The van der Waals surface area contributed by atoms with Gasteiger partial charge in [-0.25, -0.2) is 23.1 Å². The minimum absolute atomic E-state index is 0.422. The Bertz CT molecular complexity index is 557. The average Bonchev–Trinajstić information content (AvgIpc) is 3.21. The number of hydrogen-bond donors (Lipinski definition) is 3. The summed E-state index contributed by atoms with van der Waals surface area (Å²) in [5.74, 6) is 2.97. The van der Waals surface area contributed by atoms with Gasteiger partial charge in [-0.15, -0.1) is 0 Å². The topological polar surface area (TPSA) is 96.0 Å². The van der Waals surface area contributed by atoms with Crippen LogP contribution in [0.15, 0.2) is 6.07 Å². The molecule has 8 heteroatoms. The van der Waals surface area contributed by atoms with Gasteiger partial charge >= 0.3 is 0 Å². The quantitative estimate of drug-likeness (QED) is 0.613. The third kappa shape index (κ3) is 4.93. The molecule has 1 saturated carbocycles. The molecule has 0 aliphatic heterocycles. The van der Waals surface area contributed by atoms with Crippen molar-refractivity contribution >= 4 is 21.7 Å². The fourth-order valence-corrected chi connectivity index (χ4v) is 2.29. The predicted molar refractivity (Wildman–Crippen MR) is 79.5 cm³/mol. The summed E-state index contributed by atoms with van der Waals surface area (Å²) < 4.78 is 24.3. The molecular weight excluding hydrogens is 278 g/mol. The normalized spacial score (nSPS) is 15.1. The summed E-state index contributed by atoms with van der Waals surface area (Å²) in [6, 6.07) is 1.86. The molecule has 0 bridgehead atoms. The van der Waals surface area contributed by atoms with Gasteiger partial charge in [0.05, 0.1) is 6.26 Å². The van der Waals surface area contributed by atoms with Crippen LogP contribution in [0.25, 0.3) is 0 Å². The van der Waals surface area contributed by atoms with Crippen molar-refractivity contribution in [3.8, 4) is 0 Å². The molecule has 2 rings (SSSR count). The van der Waals surface area contributed by atoms with E-state index in [1.807, 2.05) is 13.1 Å². The summed E-state index contributed by atoms with van der Waals surface area (Å²) >= 11 is 0. The van der Waals surface area contributed by atoms with Gasteiger partial charge in [-0.05, 0) is 19.3 Å². The van der Waals surface area contributed by atoms with Crippen LogP contribution in [0.4, 0.5) is 11.6 Å². The van der Waals surface area contributed by atoms with Gasteiger partial charge in [0.1, 0.15) is 17.5 Å². The van der Waals surface area contributed by atoms with Crippen molar-refractivity contribution in [1.29, 1.82) is 0 Å². The van der Waals surface area contributed by atoms with Gasteiger partial charge in [0, 0.05) is 32.1 Å². The fraction of sp³-hybridized carbons (Fsp3) is 0.667. The molecule has 1 aliphatic carbocycles. The molecular formula is C12H21N5O2S. The second kappa shape index (κ2) is 6.36. The third-order valence-electron chi connectivity index (χ3n) is 2.97. The first-order chi connectivity index (χ1) is 9.48. The van der Waals surface area contributed by atoms with Crippen LogP contribution in [0.1, 0.15) is 31.0 Å². The summed E-state index contributed by atoms with van der Waals surface area (Å²) in [4.78, 5) is 8.93. The Morgan fingerprint density at radius 3 is 2.55 bits per heavy atom. The summed E-state index contributed by atoms with van der Waals surface area (Å²) in [5, 5.41) is 6.23. The molecule has 1 aromatic heterocycles. The Morgan fingerprint density at radius 1 is 1.25 bits per heavy atom. The van der Waals surface area contributed by atoms with Crippen LogP contribution in [0.2, 0.25) is 0 Å². The fourth-order valence-electron chi connectivity index (χ4n) is 1.77. The van der Waals surface area contributed by atoms with E-state index in [4.69, 9.17) is 0 Å². The van der Waals surface area contributed by atoms with E-state index >= 15 is 0 Å².